The first kappa shape index (κ1) is 19.6. The number of hydrogen-bond donors (Lipinski definition) is 0. The number of carbonyl (C=O) groups excluding carboxylic acids is 1. The predicted octanol–water partition coefficient (Wildman–Crippen LogP) is 3.08. The van der Waals surface area contributed by atoms with Crippen LogP contribution in [0.25, 0.3) is 0 Å². The molecule has 0 radical (unpaired) electrons. The first-order chi connectivity index (χ1) is 12.4. The van der Waals surface area contributed by atoms with E-state index in [1.165, 1.54) is 15.6 Å². The van der Waals surface area contributed by atoms with E-state index in [1.54, 1.807) is 41.3 Å². The molecule has 1 aromatic heterocycles. The third-order valence-corrected chi connectivity index (χ3v) is 8.15. The molecule has 2 heterocycles. The SMILES string of the molecule is O=C(COc1ccc(Cl)cc1)N1CCN(S(=O)(=O)c2ccc(Br)s2)CC1. The van der Waals surface area contributed by atoms with Crippen LogP contribution in [0, 0.1) is 0 Å². The van der Waals surface area contributed by atoms with E-state index < -0.39 is 10.0 Å². The first-order valence-electron chi connectivity index (χ1n) is 7.78. The van der Waals surface area contributed by atoms with Crippen molar-refractivity contribution in [2.45, 2.75) is 4.21 Å². The molecule has 140 valence electrons. The van der Waals surface area contributed by atoms with E-state index in [1.807, 2.05) is 0 Å². The van der Waals surface area contributed by atoms with E-state index in [0.717, 1.165) is 3.79 Å². The number of benzene rings is 1. The van der Waals surface area contributed by atoms with Gasteiger partial charge in [-0.25, -0.2) is 8.42 Å². The molecule has 0 aliphatic carbocycles. The lowest BCUT2D eigenvalue weighted by Gasteiger charge is -2.33. The van der Waals surface area contributed by atoms with Gasteiger partial charge in [0.25, 0.3) is 15.9 Å². The summed E-state index contributed by atoms with van der Waals surface area (Å²) in [5.74, 6) is 0.392. The van der Waals surface area contributed by atoms with Crippen LogP contribution >= 0.6 is 38.9 Å². The maximum Gasteiger partial charge on any atom is 0.260 e. The molecule has 1 aliphatic heterocycles. The van der Waals surface area contributed by atoms with Crippen LogP contribution in [0.3, 0.4) is 0 Å². The van der Waals surface area contributed by atoms with Crippen molar-refractivity contribution in [1.82, 2.24) is 9.21 Å². The summed E-state index contributed by atoms with van der Waals surface area (Å²) in [6.45, 7) is 1.13. The Morgan fingerprint density at radius 1 is 1.12 bits per heavy atom. The number of amides is 1. The molecular weight excluding hydrogens is 464 g/mol. The molecule has 0 unspecified atom stereocenters. The minimum Gasteiger partial charge on any atom is -0.484 e. The van der Waals surface area contributed by atoms with Gasteiger partial charge in [-0.15, -0.1) is 11.3 Å². The Hall–Kier alpha value is -1.13. The second-order valence-corrected chi connectivity index (χ2v) is 10.7. The van der Waals surface area contributed by atoms with Crippen molar-refractivity contribution in [1.29, 1.82) is 0 Å². The minimum atomic E-state index is -3.51. The molecule has 1 amide bonds. The molecule has 26 heavy (non-hydrogen) atoms. The zero-order valence-corrected chi connectivity index (χ0v) is 17.6. The lowest BCUT2D eigenvalue weighted by molar-refractivity contribution is -0.134. The van der Waals surface area contributed by atoms with Gasteiger partial charge in [-0.2, -0.15) is 4.31 Å². The monoisotopic (exact) mass is 478 g/mol. The molecule has 0 N–H and O–H groups in total. The molecule has 1 aromatic carbocycles. The zero-order chi connectivity index (χ0) is 18.7. The summed E-state index contributed by atoms with van der Waals surface area (Å²) in [4.78, 5) is 13.9. The number of nitrogens with zero attached hydrogens (tertiary/aromatic N) is 2. The zero-order valence-electron chi connectivity index (χ0n) is 13.6. The Balaban J connectivity index is 1.53. The molecule has 0 atom stereocenters. The predicted molar refractivity (Wildman–Crippen MR) is 104 cm³/mol. The lowest BCUT2D eigenvalue weighted by Crippen LogP contribution is -2.51. The fourth-order valence-electron chi connectivity index (χ4n) is 2.51. The third kappa shape index (κ3) is 4.58. The Morgan fingerprint density at radius 2 is 1.77 bits per heavy atom. The summed E-state index contributed by atoms with van der Waals surface area (Å²) in [5.41, 5.74) is 0. The van der Waals surface area contributed by atoms with E-state index in [9.17, 15) is 13.2 Å². The number of rotatable bonds is 5. The molecule has 1 aliphatic rings. The third-order valence-electron chi connectivity index (χ3n) is 3.91. The van der Waals surface area contributed by atoms with Gasteiger partial charge in [0.15, 0.2) is 6.61 Å². The number of sulfonamides is 1. The molecule has 0 saturated carbocycles. The van der Waals surface area contributed by atoms with Crippen molar-refractivity contribution in [2.75, 3.05) is 32.8 Å². The first-order valence-corrected chi connectivity index (χ1v) is 11.2. The Morgan fingerprint density at radius 3 is 2.35 bits per heavy atom. The van der Waals surface area contributed by atoms with E-state index in [4.69, 9.17) is 16.3 Å². The smallest absolute Gasteiger partial charge is 0.260 e. The number of hydrogen-bond acceptors (Lipinski definition) is 5. The van der Waals surface area contributed by atoms with Crippen LogP contribution in [0.15, 0.2) is 44.4 Å². The lowest BCUT2D eigenvalue weighted by atomic mass is 10.3. The standard InChI is InChI=1S/C16H16BrClN2O4S2/c17-14-5-6-16(25-14)26(22,23)20-9-7-19(8-10-20)15(21)11-24-13-3-1-12(18)2-4-13/h1-6H,7-11H2. The van der Waals surface area contributed by atoms with E-state index >= 15 is 0 Å². The summed E-state index contributed by atoms with van der Waals surface area (Å²) in [5, 5.41) is 0.596. The number of carbonyl (C=O) groups is 1. The van der Waals surface area contributed by atoms with Gasteiger partial charge in [-0.3, -0.25) is 4.79 Å². The van der Waals surface area contributed by atoms with Crippen LogP contribution in [0.2, 0.25) is 5.02 Å². The van der Waals surface area contributed by atoms with Crippen molar-refractivity contribution in [3.05, 3.63) is 45.2 Å². The Kier molecular flexibility index (Phi) is 6.24. The largest absolute Gasteiger partial charge is 0.484 e. The van der Waals surface area contributed by atoms with Gasteiger partial charge in [0.2, 0.25) is 0 Å². The van der Waals surface area contributed by atoms with Crippen molar-refractivity contribution < 1.29 is 17.9 Å². The van der Waals surface area contributed by atoms with Crippen LogP contribution in [0.5, 0.6) is 5.75 Å². The van der Waals surface area contributed by atoms with Crippen LogP contribution in [-0.2, 0) is 14.8 Å². The van der Waals surface area contributed by atoms with Crippen molar-refractivity contribution >= 4 is 54.8 Å². The van der Waals surface area contributed by atoms with Crippen molar-refractivity contribution in [2.24, 2.45) is 0 Å². The average Bonchev–Trinajstić information content (AvgIpc) is 3.08. The summed E-state index contributed by atoms with van der Waals surface area (Å²) >= 11 is 10.3. The van der Waals surface area contributed by atoms with Gasteiger partial charge >= 0.3 is 0 Å². The highest BCUT2D eigenvalue weighted by Gasteiger charge is 2.31. The van der Waals surface area contributed by atoms with Gasteiger partial charge in [-0.05, 0) is 52.3 Å². The maximum atomic E-state index is 12.6. The molecule has 2 aromatic rings. The molecule has 3 rings (SSSR count). The van der Waals surface area contributed by atoms with Gasteiger partial charge in [0.1, 0.15) is 9.96 Å². The number of piperazine rings is 1. The highest BCUT2D eigenvalue weighted by Crippen LogP contribution is 2.29. The van der Waals surface area contributed by atoms with Gasteiger partial charge in [-0.1, -0.05) is 11.6 Å². The second-order valence-electron chi connectivity index (χ2n) is 5.59. The van der Waals surface area contributed by atoms with E-state index in [0.29, 0.717) is 28.1 Å². The fraction of sp³-hybridized carbons (Fsp3) is 0.312. The van der Waals surface area contributed by atoms with Crippen LogP contribution < -0.4 is 4.74 Å². The van der Waals surface area contributed by atoms with Crippen LogP contribution in [-0.4, -0.2) is 56.3 Å². The maximum absolute atomic E-state index is 12.6. The summed E-state index contributed by atoms with van der Waals surface area (Å²) < 4.78 is 33.1. The van der Waals surface area contributed by atoms with Gasteiger partial charge in [0, 0.05) is 31.2 Å². The highest BCUT2D eigenvalue weighted by atomic mass is 79.9. The molecule has 6 nitrogen and oxygen atoms in total. The topological polar surface area (TPSA) is 66.9 Å². The van der Waals surface area contributed by atoms with Crippen molar-refractivity contribution in [3.8, 4) is 5.75 Å². The Bertz CT molecular complexity index is 878. The van der Waals surface area contributed by atoms with E-state index in [2.05, 4.69) is 15.9 Å². The molecule has 1 saturated heterocycles. The van der Waals surface area contributed by atoms with Crippen LogP contribution in [0.1, 0.15) is 0 Å². The number of halogens is 2. The quantitative estimate of drug-likeness (QED) is 0.661. The minimum absolute atomic E-state index is 0.0910. The average molecular weight is 480 g/mol. The molecule has 0 spiro atoms. The van der Waals surface area contributed by atoms with Crippen LogP contribution in [0.4, 0.5) is 0 Å². The summed E-state index contributed by atoms with van der Waals surface area (Å²) in [6.07, 6.45) is 0. The molecular formula is C16H16BrClN2O4S2. The normalized spacial score (nSPS) is 15.8. The fourth-order valence-corrected chi connectivity index (χ4v) is 6.22. The number of ether oxygens (including phenoxy) is 1. The number of thiophene rings is 1. The molecule has 10 heteroatoms. The highest BCUT2D eigenvalue weighted by molar-refractivity contribution is 9.11. The van der Waals surface area contributed by atoms with Gasteiger partial charge in [0.05, 0.1) is 3.79 Å². The summed E-state index contributed by atoms with van der Waals surface area (Å²) in [6, 6.07) is 10.1. The van der Waals surface area contributed by atoms with E-state index in [-0.39, 0.29) is 25.6 Å². The molecule has 1 fully saturated rings. The van der Waals surface area contributed by atoms with Crippen molar-refractivity contribution in [3.63, 3.8) is 0 Å². The summed E-state index contributed by atoms with van der Waals surface area (Å²) in [7, 11) is -3.51. The second kappa shape index (κ2) is 8.26. The molecule has 0 bridgehead atoms. The van der Waals surface area contributed by atoms with Gasteiger partial charge < -0.3 is 9.64 Å². The Labute approximate surface area is 169 Å².